The predicted octanol–water partition coefficient (Wildman–Crippen LogP) is 8.63. The minimum Gasteiger partial charge on any atom is -0.458 e. The Kier molecular flexibility index (Phi) is 9.58. The number of hydrogen-bond donors (Lipinski definition) is 0. The van der Waals surface area contributed by atoms with Crippen LogP contribution in [0.3, 0.4) is 0 Å². The van der Waals surface area contributed by atoms with Crippen molar-refractivity contribution in [2.24, 2.45) is 0 Å². The van der Waals surface area contributed by atoms with E-state index < -0.39 is 17.9 Å². The molecule has 230 valence electrons. The van der Waals surface area contributed by atoms with E-state index in [0.717, 1.165) is 62.0 Å². The van der Waals surface area contributed by atoms with Gasteiger partial charge in [0.15, 0.2) is 0 Å². The van der Waals surface area contributed by atoms with Gasteiger partial charge in [-0.3, -0.25) is 0 Å². The highest BCUT2D eigenvalue weighted by Gasteiger charge is 2.23. The number of fused-ring (bicyclic) bond motifs is 2. The minimum absolute atomic E-state index is 0.0663. The van der Waals surface area contributed by atoms with Crippen LogP contribution in [0.4, 0.5) is 0 Å². The van der Waals surface area contributed by atoms with Crippen molar-refractivity contribution in [1.29, 1.82) is 0 Å². The molecule has 6 heteroatoms. The first-order chi connectivity index (χ1) is 22.2. The topological polar surface area (TPSA) is 78.9 Å². The van der Waals surface area contributed by atoms with Crippen molar-refractivity contribution in [2.75, 3.05) is 0 Å². The lowest BCUT2D eigenvalue weighted by molar-refractivity contribution is -0.139. The molecule has 5 aromatic rings. The molecule has 6 nitrogen and oxygen atoms in total. The van der Waals surface area contributed by atoms with Crippen molar-refractivity contribution in [3.8, 4) is 22.3 Å². The maximum Gasteiger partial charge on any atom is 0.330 e. The summed E-state index contributed by atoms with van der Waals surface area (Å²) in [6.07, 6.45) is 3.29. The van der Waals surface area contributed by atoms with E-state index in [2.05, 4.69) is 76.0 Å². The molecule has 0 aromatic heterocycles. The summed E-state index contributed by atoms with van der Waals surface area (Å²) in [5.74, 6) is -1.76. The van der Waals surface area contributed by atoms with Gasteiger partial charge in [-0.25, -0.2) is 14.4 Å². The third-order valence-electron chi connectivity index (χ3n) is 7.96. The molecule has 0 aliphatic carbocycles. The third kappa shape index (κ3) is 6.52. The van der Waals surface area contributed by atoms with Gasteiger partial charge in [-0.2, -0.15) is 0 Å². The predicted molar refractivity (Wildman–Crippen MR) is 182 cm³/mol. The Balaban J connectivity index is 1.87. The largest absolute Gasteiger partial charge is 0.458 e. The lowest BCUT2D eigenvalue weighted by Crippen LogP contribution is -2.09. The van der Waals surface area contributed by atoms with Crippen LogP contribution in [-0.2, 0) is 48.4 Å². The summed E-state index contributed by atoms with van der Waals surface area (Å²) in [7, 11) is 0. The SMILES string of the molecule is C=CC(=O)OCc1cc(COC(=O)C=C)c(-c2c3ccccc3c(-c3ccc(C)c(C)c3)c3ccccc23)c(COC(=O)C=C)c1. The number of ether oxygens (including phenoxy) is 3. The van der Waals surface area contributed by atoms with Crippen molar-refractivity contribution < 1.29 is 28.6 Å². The Bertz CT molecular complexity index is 1930. The molecule has 0 atom stereocenters. The van der Waals surface area contributed by atoms with E-state index in [1.54, 1.807) is 0 Å². The van der Waals surface area contributed by atoms with Crippen molar-refractivity contribution in [2.45, 2.75) is 33.7 Å². The molecule has 0 radical (unpaired) electrons. The molecule has 0 N–H and O–H groups in total. The fraction of sp³-hybridized carbons (Fsp3) is 0.125. The number of aryl methyl sites for hydroxylation is 2. The Morgan fingerprint density at radius 1 is 0.543 bits per heavy atom. The molecule has 0 fully saturated rings. The van der Waals surface area contributed by atoms with Gasteiger partial charge in [0.1, 0.15) is 19.8 Å². The fourth-order valence-corrected chi connectivity index (χ4v) is 5.71. The smallest absolute Gasteiger partial charge is 0.330 e. The summed E-state index contributed by atoms with van der Waals surface area (Å²) < 4.78 is 16.5. The average molecular weight is 611 g/mol. The molecule has 5 rings (SSSR count). The Labute approximate surface area is 268 Å². The van der Waals surface area contributed by atoms with E-state index >= 15 is 0 Å². The maximum atomic E-state index is 12.3. The van der Waals surface area contributed by atoms with Crippen molar-refractivity contribution in [3.05, 3.63) is 145 Å². The standard InChI is InChI=1S/C40H34O6/c1-6-35(41)44-22-27-20-29(23-45-36(42)7-2)38(30(21-27)24-46-37(43)8-3)40-33-15-11-9-13-31(33)39(32-14-10-12-16-34(32)40)28-18-17-25(4)26(5)19-28/h6-21H,1-3,22-24H2,4-5H3. The number of esters is 3. The van der Waals surface area contributed by atoms with Gasteiger partial charge >= 0.3 is 17.9 Å². The second-order valence-electron chi connectivity index (χ2n) is 10.9. The Morgan fingerprint density at radius 3 is 1.41 bits per heavy atom. The van der Waals surface area contributed by atoms with E-state index in [0.29, 0.717) is 16.7 Å². The fourth-order valence-electron chi connectivity index (χ4n) is 5.71. The van der Waals surface area contributed by atoms with Crippen molar-refractivity contribution >= 4 is 39.5 Å². The zero-order valence-corrected chi connectivity index (χ0v) is 25.9. The van der Waals surface area contributed by atoms with Crippen LogP contribution in [0, 0.1) is 13.8 Å². The first-order valence-electron chi connectivity index (χ1n) is 14.8. The monoisotopic (exact) mass is 610 g/mol. The number of carbonyl (C=O) groups excluding carboxylic acids is 3. The minimum atomic E-state index is -0.589. The summed E-state index contributed by atoms with van der Waals surface area (Å²) in [5.41, 5.74) is 8.14. The van der Waals surface area contributed by atoms with E-state index in [1.165, 1.54) is 11.1 Å². The summed E-state index contributed by atoms with van der Waals surface area (Å²) in [5, 5.41) is 4.00. The molecule has 0 saturated heterocycles. The molecule has 0 saturated carbocycles. The molecule has 5 aromatic carbocycles. The van der Waals surface area contributed by atoms with Crippen LogP contribution in [0.5, 0.6) is 0 Å². The van der Waals surface area contributed by atoms with Gasteiger partial charge in [0.25, 0.3) is 0 Å². The van der Waals surface area contributed by atoms with Crippen LogP contribution in [0.1, 0.15) is 27.8 Å². The van der Waals surface area contributed by atoms with Crippen molar-refractivity contribution in [1.82, 2.24) is 0 Å². The van der Waals surface area contributed by atoms with Gasteiger partial charge in [0.05, 0.1) is 0 Å². The van der Waals surface area contributed by atoms with Crippen LogP contribution in [0.2, 0.25) is 0 Å². The van der Waals surface area contributed by atoms with Gasteiger partial charge < -0.3 is 14.2 Å². The zero-order chi connectivity index (χ0) is 32.8. The van der Waals surface area contributed by atoms with Crippen LogP contribution in [0.25, 0.3) is 43.8 Å². The van der Waals surface area contributed by atoms with E-state index in [1.807, 2.05) is 36.4 Å². The van der Waals surface area contributed by atoms with Crippen LogP contribution < -0.4 is 0 Å². The molecule has 46 heavy (non-hydrogen) atoms. The van der Waals surface area contributed by atoms with E-state index in [4.69, 9.17) is 14.2 Å². The van der Waals surface area contributed by atoms with Gasteiger partial charge in [-0.1, -0.05) is 86.5 Å². The first kappa shape index (κ1) is 31.7. The highest BCUT2D eigenvalue weighted by molar-refractivity contribution is 6.22. The summed E-state index contributed by atoms with van der Waals surface area (Å²) in [4.78, 5) is 36.5. The van der Waals surface area contributed by atoms with Gasteiger partial charge in [0.2, 0.25) is 0 Å². The quantitative estimate of drug-likeness (QED) is 0.0645. The maximum absolute atomic E-state index is 12.3. The molecule has 0 unspecified atom stereocenters. The molecule has 0 amide bonds. The van der Waals surface area contributed by atoms with Gasteiger partial charge in [-0.15, -0.1) is 0 Å². The highest BCUT2D eigenvalue weighted by Crippen LogP contribution is 2.46. The first-order valence-corrected chi connectivity index (χ1v) is 14.8. The second kappa shape index (κ2) is 13.9. The molecule has 0 spiro atoms. The third-order valence-corrected chi connectivity index (χ3v) is 7.96. The van der Waals surface area contributed by atoms with Crippen LogP contribution in [0.15, 0.2) is 117 Å². The van der Waals surface area contributed by atoms with Crippen molar-refractivity contribution in [3.63, 3.8) is 0 Å². The number of benzene rings is 5. The number of rotatable bonds is 11. The Morgan fingerprint density at radius 2 is 0.978 bits per heavy atom. The molecule has 0 heterocycles. The lowest BCUT2D eigenvalue weighted by Gasteiger charge is -2.23. The Hall–Kier alpha value is -5.75. The molecule has 0 aliphatic heterocycles. The van der Waals surface area contributed by atoms with Gasteiger partial charge in [-0.05, 0) is 97.6 Å². The highest BCUT2D eigenvalue weighted by atomic mass is 16.5. The second-order valence-corrected chi connectivity index (χ2v) is 10.9. The van der Waals surface area contributed by atoms with E-state index in [9.17, 15) is 14.4 Å². The molecule has 0 bridgehead atoms. The lowest BCUT2D eigenvalue weighted by atomic mass is 9.82. The molecule has 0 aliphatic rings. The normalized spacial score (nSPS) is 10.7. The number of hydrogen-bond acceptors (Lipinski definition) is 6. The van der Waals surface area contributed by atoms with Crippen LogP contribution in [-0.4, -0.2) is 17.9 Å². The molecular formula is C40H34O6. The van der Waals surface area contributed by atoms with Crippen LogP contribution >= 0.6 is 0 Å². The van der Waals surface area contributed by atoms with E-state index in [-0.39, 0.29) is 19.8 Å². The average Bonchev–Trinajstić information content (AvgIpc) is 3.08. The molecular weight excluding hydrogens is 576 g/mol. The summed E-state index contributed by atoms with van der Waals surface area (Å²) in [6.45, 7) is 14.5. The number of carbonyl (C=O) groups is 3. The summed E-state index contributed by atoms with van der Waals surface area (Å²) >= 11 is 0. The summed E-state index contributed by atoms with van der Waals surface area (Å²) in [6, 6.07) is 26.5. The van der Waals surface area contributed by atoms with Gasteiger partial charge in [0, 0.05) is 18.2 Å². The zero-order valence-electron chi connectivity index (χ0n) is 25.9.